The summed E-state index contributed by atoms with van der Waals surface area (Å²) in [7, 11) is 0. The van der Waals surface area contributed by atoms with Crippen LogP contribution in [0.1, 0.15) is 19.8 Å². The van der Waals surface area contributed by atoms with Gasteiger partial charge in [-0.1, -0.05) is 0 Å². The minimum Gasteiger partial charge on any atom is -0.330 e. The monoisotopic (exact) mass is 145 g/mol. The van der Waals surface area contributed by atoms with Gasteiger partial charge in [-0.25, -0.2) is 0 Å². The fraction of sp³-hybridized carbons (Fsp3) is 1.00. The molecule has 0 aliphatic carbocycles. The third-order valence-electron chi connectivity index (χ3n) is 1.48. The van der Waals surface area contributed by atoms with Gasteiger partial charge < -0.3 is 16.8 Å². The summed E-state index contributed by atoms with van der Waals surface area (Å²) in [6, 6.07) is 0.442. The van der Waals surface area contributed by atoms with E-state index in [1.54, 1.807) is 0 Å². The van der Waals surface area contributed by atoms with Crippen molar-refractivity contribution >= 4 is 0 Å². The molecule has 0 aromatic carbocycles. The molecule has 0 bridgehead atoms. The first-order chi connectivity index (χ1) is 4.81. The number of hydrogen-bond donors (Lipinski definition) is 3. The van der Waals surface area contributed by atoms with Crippen LogP contribution in [0.2, 0.25) is 0 Å². The maximum Gasteiger partial charge on any atom is 0.0161 e. The first kappa shape index (κ1) is 9.88. The number of nitrogens with two attached hydrogens (primary N) is 2. The molecule has 0 amide bonds. The van der Waals surface area contributed by atoms with Crippen LogP contribution in [0.3, 0.4) is 0 Å². The molecule has 0 aromatic rings. The van der Waals surface area contributed by atoms with Crippen LogP contribution in [0, 0.1) is 0 Å². The van der Waals surface area contributed by atoms with E-state index in [0.717, 1.165) is 25.9 Å². The largest absolute Gasteiger partial charge is 0.330 e. The van der Waals surface area contributed by atoms with E-state index in [4.69, 9.17) is 11.5 Å². The zero-order valence-corrected chi connectivity index (χ0v) is 6.77. The quantitative estimate of drug-likeness (QED) is 0.448. The Hall–Kier alpha value is -0.120. The van der Waals surface area contributed by atoms with Crippen molar-refractivity contribution in [3.8, 4) is 0 Å². The van der Waals surface area contributed by atoms with Crippen molar-refractivity contribution in [1.29, 1.82) is 0 Å². The average molecular weight is 145 g/mol. The predicted molar refractivity (Wildman–Crippen MR) is 44.8 cm³/mol. The van der Waals surface area contributed by atoms with Gasteiger partial charge in [-0.15, -0.1) is 0 Å². The predicted octanol–water partition coefficient (Wildman–Crippen LogP) is -0.338. The Balaban J connectivity index is 2.89. The van der Waals surface area contributed by atoms with Crippen LogP contribution in [0.15, 0.2) is 0 Å². The van der Waals surface area contributed by atoms with Crippen LogP contribution < -0.4 is 16.8 Å². The Morgan fingerprint density at radius 1 is 1.30 bits per heavy atom. The number of nitrogens with one attached hydrogen (secondary N) is 1. The fourth-order valence-electron chi connectivity index (χ4n) is 0.701. The Morgan fingerprint density at radius 3 is 2.50 bits per heavy atom. The first-order valence-corrected chi connectivity index (χ1v) is 3.94. The van der Waals surface area contributed by atoms with Crippen molar-refractivity contribution in [2.45, 2.75) is 25.8 Å². The van der Waals surface area contributed by atoms with E-state index in [9.17, 15) is 0 Å². The van der Waals surface area contributed by atoms with Crippen LogP contribution in [0.5, 0.6) is 0 Å². The van der Waals surface area contributed by atoms with E-state index in [0.29, 0.717) is 12.6 Å². The van der Waals surface area contributed by atoms with Gasteiger partial charge in [0.15, 0.2) is 0 Å². The van der Waals surface area contributed by atoms with Crippen LogP contribution in [0.25, 0.3) is 0 Å². The second kappa shape index (κ2) is 6.99. The smallest absolute Gasteiger partial charge is 0.0161 e. The molecule has 62 valence electrons. The van der Waals surface area contributed by atoms with Crippen molar-refractivity contribution in [3.63, 3.8) is 0 Å². The first-order valence-electron chi connectivity index (χ1n) is 3.94. The SMILES string of the molecule is CC(CN)NCCCCN. The molecular formula is C7H19N3. The van der Waals surface area contributed by atoms with Gasteiger partial charge in [-0.2, -0.15) is 0 Å². The van der Waals surface area contributed by atoms with Crippen LogP contribution in [-0.4, -0.2) is 25.7 Å². The molecular weight excluding hydrogens is 126 g/mol. The van der Waals surface area contributed by atoms with E-state index in [-0.39, 0.29) is 0 Å². The van der Waals surface area contributed by atoms with Crippen molar-refractivity contribution in [2.24, 2.45) is 11.5 Å². The Morgan fingerprint density at radius 2 is 2.00 bits per heavy atom. The molecule has 0 saturated heterocycles. The van der Waals surface area contributed by atoms with E-state index >= 15 is 0 Å². The molecule has 3 nitrogen and oxygen atoms in total. The van der Waals surface area contributed by atoms with Gasteiger partial charge in [0, 0.05) is 12.6 Å². The van der Waals surface area contributed by atoms with Crippen molar-refractivity contribution in [3.05, 3.63) is 0 Å². The lowest BCUT2D eigenvalue weighted by molar-refractivity contribution is 0.536. The summed E-state index contributed by atoms with van der Waals surface area (Å²) < 4.78 is 0. The van der Waals surface area contributed by atoms with Crippen molar-refractivity contribution < 1.29 is 0 Å². The number of hydrogen-bond acceptors (Lipinski definition) is 3. The molecule has 0 aliphatic rings. The van der Waals surface area contributed by atoms with Gasteiger partial charge in [0.25, 0.3) is 0 Å². The van der Waals surface area contributed by atoms with Gasteiger partial charge in [0.1, 0.15) is 0 Å². The summed E-state index contributed by atoms with van der Waals surface area (Å²) in [4.78, 5) is 0. The van der Waals surface area contributed by atoms with Crippen LogP contribution >= 0.6 is 0 Å². The zero-order chi connectivity index (χ0) is 7.82. The highest BCUT2D eigenvalue weighted by Crippen LogP contribution is 1.84. The summed E-state index contributed by atoms with van der Waals surface area (Å²) >= 11 is 0. The summed E-state index contributed by atoms with van der Waals surface area (Å²) in [5, 5.41) is 3.29. The minimum absolute atomic E-state index is 0.442. The van der Waals surface area contributed by atoms with Gasteiger partial charge >= 0.3 is 0 Å². The molecule has 0 aliphatic heterocycles. The lowest BCUT2D eigenvalue weighted by Crippen LogP contribution is -2.33. The summed E-state index contributed by atoms with van der Waals surface area (Å²) in [6.45, 7) is 4.62. The van der Waals surface area contributed by atoms with Crippen molar-refractivity contribution in [2.75, 3.05) is 19.6 Å². The molecule has 0 spiro atoms. The average Bonchev–Trinajstić information content (AvgIpc) is 1.98. The fourth-order valence-corrected chi connectivity index (χ4v) is 0.701. The van der Waals surface area contributed by atoms with E-state index in [1.807, 2.05) is 0 Å². The lowest BCUT2D eigenvalue weighted by Gasteiger charge is -2.09. The third kappa shape index (κ3) is 6.01. The molecule has 1 atom stereocenters. The van der Waals surface area contributed by atoms with Crippen molar-refractivity contribution in [1.82, 2.24) is 5.32 Å². The minimum atomic E-state index is 0.442. The van der Waals surface area contributed by atoms with E-state index in [1.165, 1.54) is 0 Å². The van der Waals surface area contributed by atoms with Gasteiger partial charge in [0.2, 0.25) is 0 Å². The Kier molecular flexibility index (Phi) is 6.91. The van der Waals surface area contributed by atoms with Crippen LogP contribution in [0.4, 0.5) is 0 Å². The van der Waals surface area contributed by atoms with E-state index < -0.39 is 0 Å². The molecule has 0 rings (SSSR count). The normalized spacial score (nSPS) is 13.5. The highest BCUT2D eigenvalue weighted by Gasteiger charge is 1.94. The summed E-state index contributed by atoms with van der Waals surface area (Å²) in [5.41, 5.74) is 10.7. The molecule has 0 saturated carbocycles. The third-order valence-corrected chi connectivity index (χ3v) is 1.48. The molecule has 5 N–H and O–H groups in total. The molecule has 0 radical (unpaired) electrons. The second-order valence-corrected chi connectivity index (χ2v) is 2.59. The Labute approximate surface area is 63.2 Å². The molecule has 1 unspecified atom stereocenters. The topological polar surface area (TPSA) is 64.1 Å². The second-order valence-electron chi connectivity index (χ2n) is 2.59. The lowest BCUT2D eigenvalue weighted by atomic mass is 10.3. The molecule has 0 fully saturated rings. The zero-order valence-electron chi connectivity index (χ0n) is 6.77. The molecule has 10 heavy (non-hydrogen) atoms. The van der Waals surface area contributed by atoms with Gasteiger partial charge in [-0.05, 0) is 32.9 Å². The number of rotatable bonds is 6. The summed E-state index contributed by atoms with van der Waals surface area (Å²) in [5.74, 6) is 0. The molecule has 3 heteroatoms. The molecule has 0 heterocycles. The highest BCUT2D eigenvalue weighted by molar-refractivity contribution is 4.59. The van der Waals surface area contributed by atoms with Gasteiger partial charge in [0.05, 0.1) is 0 Å². The maximum atomic E-state index is 5.40. The van der Waals surface area contributed by atoms with Crippen LogP contribution in [-0.2, 0) is 0 Å². The molecule has 0 aromatic heterocycles. The Bertz CT molecular complexity index is 65.9. The van der Waals surface area contributed by atoms with Gasteiger partial charge in [-0.3, -0.25) is 0 Å². The maximum absolute atomic E-state index is 5.40. The summed E-state index contributed by atoms with van der Waals surface area (Å²) in [6.07, 6.45) is 2.26. The standard InChI is InChI=1S/C7H19N3/c1-7(6-9)10-5-3-2-4-8/h7,10H,2-6,8-9H2,1H3. The number of unbranched alkanes of at least 4 members (excludes halogenated alkanes) is 1. The highest BCUT2D eigenvalue weighted by atomic mass is 14.9. The van der Waals surface area contributed by atoms with E-state index in [2.05, 4.69) is 12.2 Å².